The molecule has 3 nitrogen and oxygen atoms in total. The number of pyridine rings is 2. The zero-order valence-electron chi connectivity index (χ0n) is 15.0. The van der Waals surface area contributed by atoms with Crippen molar-refractivity contribution < 1.29 is 0 Å². The van der Waals surface area contributed by atoms with Crippen molar-refractivity contribution in [3.8, 4) is 0 Å². The van der Waals surface area contributed by atoms with Gasteiger partial charge in [-0.15, -0.1) is 0 Å². The highest BCUT2D eigenvalue weighted by Gasteiger charge is 2.17. The van der Waals surface area contributed by atoms with Gasteiger partial charge in [0.2, 0.25) is 5.56 Å². The van der Waals surface area contributed by atoms with Crippen LogP contribution in [0.15, 0.2) is 53.3 Å². The van der Waals surface area contributed by atoms with E-state index in [4.69, 9.17) is 17.6 Å². The van der Waals surface area contributed by atoms with E-state index in [1.54, 1.807) is 6.07 Å². The lowest BCUT2D eigenvalue weighted by atomic mass is 9.99. The summed E-state index contributed by atoms with van der Waals surface area (Å²) in [4.78, 5) is 19.9. The monoisotopic (exact) mass is 360 g/mol. The Morgan fingerprint density at radius 1 is 0.962 bits per heavy atom. The smallest absolute Gasteiger partial charge is 0.248 e. The summed E-state index contributed by atoms with van der Waals surface area (Å²) in [7, 11) is 0. The molecule has 4 aromatic rings. The van der Waals surface area contributed by atoms with Crippen LogP contribution in [0.3, 0.4) is 0 Å². The van der Waals surface area contributed by atoms with E-state index in [0.717, 1.165) is 33.1 Å². The Kier molecular flexibility index (Phi) is 4.08. The largest absolute Gasteiger partial charge is 0.322 e. The highest BCUT2D eigenvalue weighted by Crippen LogP contribution is 2.33. The molecular weight excluding hydrogens is 340 g/mol. The molecule has 0 aliphatic heterocycles. The maximum Gasteiger partial charge on any atom is 0.248 e. The lowest BCUT2D eigenvalue weighted by Crippen LogP contribution is -2.09. The fourth-order valence-corrected chi connectivity index (χ4v) is 3.83. The van der Waals surface area contributed by atoms with Crippen molar-refractivity contribution >= 4 is 34.4 Å². The fourth-order valence-electron chi connectivity index (χ4n) is 3.48. The van der Waals surface area contributed by atoms with Crippen LogP contribution in [0.1, 0.15) is 33.2 Å². The SMILES string of the molecule is Cc1ccc2c(C)cc(C(S)c3cc(=O)[nH]c4ccccc34)nc2c1C. The average molecular weight is 360 g/mol. The molecule has 1 atom stereocenters. The molecule has 0 aliphatic carbocycles. The summed E-state index contributed by atoms with van der Waals surface area (Å²) in [5.74, 6) is 0. The van der Waals surface area contributed by atoms with Crippen LogP contribution in [-0.4, -0.2) is 9.97 Å². The highest BCUT2D eigenvalue weighted by molar-refractivity contribution is 7.80. The highest BCUT2D eigenvalue weighted by atomic mass is 32.1. The van der Waals surface area contributed by atoms with E-state index in [0.29, 0.717) is 0 Å². The van der Waals surface area contributed by atoms with Gasteiger partial charge in [-0.3, -0.25) is 9.78 Å². The molecule has 0 fully saturated rings. The number of H-pyrrole nitrogens is 1. The van der Waals surface area contributed by atoms with Crippen LogP contribution in [0.2, 0.25) is 0 Å². The minimum Gasteiger partial charge on any atom is -0.322 e. The summed E-state index contributed by atoms with van der Waals surface area (Å²) in [6.07, 6.45) is 0. The molecule has 0 amide bonds. The third-order valence-corrected chi connectivity index (χ3v) is 5.63. The third kappa shape index (κ3) is 2.71. The van der Waals surface area contributed by atoms with Crippen LogP contribution in [0.4, 0.5) is 0 Å². The molecule has 2 aromatic heterocycles. The minimum atomic E-state index is -0.273. The number of rotatable bonds is 2. The van der Waals surface area contributed by atoms with Gasteiger partial charge >= 0.3 is 0 Å². The van der Waals surface area contributed by atoms with Crippen LogP contribution < -0.4 is 5.56 Å². The average Bonchev–Trinajstić information content (AvgIpc) is 2.63. The standard InChI is InChI=1S/C22H20N2OS/c1-12-8-9-15-13(2)10-19(24-21(15)14(12)3)22(26)17-11-20(25)23-18-7-5-4-6-16(17)18/h4-11,22,26H,1-3H3,(H,23,25). The first-order valence-electron chi connectivity index (χ1n) is 8.63. The summed E-state index contributed by atoms with van der Waals surface area (Å²) in [5, 5.41) is 1.88. The minimum absolute atomic E-state index is 0.123. The first kappa shape index (κ1) is 16.9. The van der Waals surface area contributed by atoms with Gasteiger partial charge < -0.3 is 4.98 Å². The van der Waals surface area contributed by atoms with E-state index < -0.39 is 0 Å². The molecule has 1 unspecified atom stereocenters. The van der Waals surface area contributed by atoms with Crippen LogP contribution in [-0.2, 0) is 0 Å². The Labute approximate surface area is 157 Å². The Morgan fingerprint density at radius 2 is 1.73 bits per heavy atom. The number of nitrogens with one attached hydrogen (secondary N) is 1. The fraction of sp³-hybridized carbons (Fsp3) is 0.182. The zero-order chi connectivity index (χ0) is 18.4. The Morgan fingerprint density at radius 3 is 2.54 bits per heavy atom. The van der Waals surface area contributed by atoms with E-state index in [9.17, 15) is 4.79 Å². The van der Waals surface area contributed by atoms with Crippen LogP contribution in [0, 0.1) is 20.8 Å². The van der Waals surface area contributed by atoms with E-state index in [1.165, 1.54) is 16.7 Å². The van der Waals surface area contributed by atoms with Gasteiger partial charge in [-0.05, 0) is 55.2 Å². The van der Waals surface area contributed by atoms with Crippen LogP contribution in [0.25, 0.3) is 21.8 Å². The lowest BCUT2D eigenvalue weighted by Gasteiger charge is -2.16. The van der Waals surface area contributed by atoms with Gasteiger partial charge in [0.15, 0.2) is 0 Å². The molecule has 2 aromatic carbocycles. The molecule has 4 rings (SSSR count). The molecule has 2 heterocycles. The van der Waals surface area contributed by atoms with Crippen molar-refractivity contribution in [1.29, 1.82) is 0 Å². The number of aryl methyl sites for hydroxylation is 3. The molecule has 26 heavy (non-hydrogen) atoms. The summed E-state index contributed by atoms with van der Waals surface area (Å²) in [6.45, 7) is 6.30. The van der Waals surface area contributed by atoms with Crippen molar-refractivity contribution in [2.45, 2.75) is 26.0 Å². The van der Waals surface area contributed by atoms with E-state index in [-0.39, 0.29) is 10.8 Å². The molecule has 0 saturated heterocycles. The maximum absolute atomic E-state index is 12.1. The quantitative estimate of drug-likeness (QED) is 0.493. The second-order valence-electron chi connectivity index (χ2n) is 6.80. The number of fused-ring (bicyclic) bond motifs is 2. The maximum atomic E-state index is 12.1. The topological polar surface area (TPSA) is 45.8 Å². The summed E-state index contributed by atoms with van der Waals surface area (Å²) in [6, 6.07) is 15.8. The number of thiol groups is 1. The molecule has 0 bridgehead atoms. The van der Waals surface area contributed by atoms with Crippen molar-refractivity contribution in [3.63, 3.8) is 0 Å². The molecule has 130 valence electrons. The van der Waals surface area contributed by atoms with Gasteiger partial charge in [-0.25, -0.2) is 0 Å². The number of hydrogen-bond donors (Lipinski definition) is 2. The Balaban J connectivity index is 1.96. The summed E-state index contributed by atoms with van der Waals surface area (Å²) >= 11 is 4.85. The summed E-state index contributed by atoms with van der Waals surface area (Å²) < 4.78 is 0. The van der Waals surface area contributed by atoms with Gasteiger partial charge in [0.1, 0.15) is 0 Å². The second kappa shape index (κ2) is 6.29. The first-order chi connectivity index (χ1) is 12.5. The first-order valence-corrected chi connectivity index (χ1v) is 9.15. The van der Waals surface area contributed by atoms with Gasteiger partial charge in [0.05, 0.1) is 16.5 Å². The second-order valence-corrected chi connectivity index (χ2v) is 7.32. The number of aromatic nitrogens is 2. The van der Waals surface area contributed by atoms with Crippen molar-refractivity contribution in [3.05, 3.63) is 86.8 Å². The predicted octanol–water partition coefficient (Wildman–Crippen LogP) is 5.02. The molecule has 0 radical (unpaired) electrons. The van der Waals surface area contributed by atoms with Gasteiger partial charge in [-0.2, -0.15) is 12.6 Å². The van der Waals surface area contributed by atoms with Crippen LogP contribution in [0.5, 0.6) is 0 Å². The number of nitrogens with zero attached hydrogens (tertiary/aromatic N) is 1. The van der Waals surface area contributed by atoms with Gasteiger partial charge in [0, 0.05) is 22.4 Å². The number of para-hydroxylation sites is 1. The van der Waals surface area contributed by atoms with E-state index in [1.807, 2.05) is 24.3 Å². The molecule has 1 N–H and O–H groups in total. The normalized spacial score (nSPS) is 12.6. The summed E-state index contributed by atoms with van der Waals surface area (Å²) in [5.41, 5.74) is 7.02. The molecular formula is C22H20N2OS. The Hall–Kier alpha value is -2.59. The zero-order valence-corrected chi connectivity index (χ0v) is 15.9. The molecule has 0 spiro atoms. The Bertz CT molecular complexity index is 1210. The lowest BCUT2D eigenvalue weighted by molar-refractivity contribution is 1.07. The number of benzene rings is 2. The van der Waals surface area contributed by atoms with E-state index >= 15 is 0 Å². The number of hydrogen-bond acceptors (Lipinski definition) is 3. The van der Waals surface area contributed by atoms with Crippen molar-refractivity contribution in [2.75, 3.05) is 0 Å². The molecule has 4 heteroatoms. The van der Waals surface area contributed by atoms with Crippen molar-refractivity contribution in [1.82, 2.24) is 9.97 Å². The van der Waals surface area contributed by atoms with E-state index in [2.05, 4.69) is 44.0 Å². The third-order valence-electron chi connectivity index (χ3n) is 5.09. The molecule has 0 aliphatic rings. The molecule has 0 saturated carbocycles. The predicted molar refractivity (Wildman–Crippen MR) is 111 cm³/mol. The van der Waals surface area contributed by atoms with Gasteiger partial charge in [-0.1, -0.05) is 30.3 Å². The van der Waals surface area contributed by atoms with Crippen molar-refractivity contribution in [2.24, 2.45) is 0 Å². The number of aromatic amines is 1. The van der Waals surface area contributed by atoms with Crippen LogP contribution >= 0.6 is 12.6 Å². The van der Waals surface area contributed by atoms with Gasteiger partial charge in [0.25, 0.3) is 0 Å².